The topological polar surface area (TPSA) is 116 Å². The van der Waals surface area contributed by atoms with E-state index in [2.05, 4.69) is 45.1 Å². The third-order valence-electron chi connectivity index (χ3n) is 6.73. The highest BCUT2D eigenvalue weighted by molar-refractivity contribution is 7.91. The second kappa shape index (κ2) is 11.1. The number of nitrogens with zero attached hydrogens (tertiary/aromatic N) is 4. The Morgan fingerprint density at radius 3 is 2.26 bits per heavy atom. The van der Waals surface area contributed by atoms with Crippen molar-refractivity contribution in [3.8, 4) is 11.1 Å². The van der Waals surface area contributed by atoms with Crippen LogP contribution in [0.5, 0.6) is 0 Å². The fourth-order valence-corrected chi connectivity index (χ4v) is 6.01. The Bertz CT molecular complexity index is 1490. The van der Waals surface area contributed by atoms with Gasteiger partial charge in [0.1, 0.15) is 6.61 Å². The second-order valence-corrected chi connectivity index (χ2v) is 11.2. The van der Waals surface area contributed by atoms with E-state index in [0.717, 1.165) is 12.0 Å². The van der Waals surface area contributed by atoms with Gasteiger partial charge in [0.2, 0.25) is 9.84 Å². The maximum absolute atomic E-state index is 12.9. The third-order valence-corrected chi connectivity index (χ3v) is 8.40. The molecule has 0 fully saturated rings. The van der Waals surface area contributed by atoms with Gasteiger partial charge < -0.3 is 10.1 Å². The number of benzene rings is 3. The van der Waals surface area contributed by atoms with Crippen LogP contribution in [0.2, 0.25) is 0 Å². The lowest BCUT2D eigenvalue weighted by Gasteiger charge is -2.14. The number of unbranched alkanes of at least 4 members (excludes halogenated alkanes) is 2. The molecule has 0 radical (unpaired) electrons. The average Bonchev–Trinajstić information content (AvgIpc) is 3.53. The molecule has 0 bridgehead atoms. The van der Waals surface area contributed by atoms with Gasteiger partial charge in [-0.3, -0.25) is 0 Å². The molecule has 3 aromatic carbocycles. The van der Waals surface area contributed by atoms with E-state index in [-0.39, 0.29) is 22.6 Å². The van der Waals surface area contributed by atoms with Gasteiger partial charge in [-0.2, -0.15) is 0 Å². The number of aryl methyl sites for hydroxylation is 2. The predicted molar refractivity (Wildman–Crippen MR) is 141 cm³/mol. The molecule has 1 aliphatic carbocycles. The summed E-state index contributed by atoms with van der Waals surface area (Å²) in [7, 11) is -3.80. The molecule has 1 N–H and O–H groups in total. The minimum absolute atomic E-state index is 0.0230. The molecule has 5 rings (SSSR count). The van der Waals surface area contributed by atoms with E-state index >= 15 is 0 Å². The Balaban J connectivity index is 1.06. The van der Waals surface area contributed by atoms with Gasteiger partial charge in [-0.25, -0.2) is 17.9 Å². The molecule has 1 amide bonds. The molecule has 0 atom stereocenters. The Kier molecular flexibility index (Phi) is 7.50. The maximum atomic E-state index is 12.9. The molecule has 38 heavy (non-hydrogen) atoms. The van der Waals surface area contributed by atoms with Crippen LogP contribution in [0.15, 0.2) is 82.8 Å². The molecule has 0 saturated carbocycles. The molecule has 0 spiro atoms. The van der Waals surface area contributed by atoms with E-state index in [1.54, 1.807) is 24.3 Å². The van der Waals surface area contributed by atoms with Crippen LogP contribution < -0.4 is 5.32 Å². The van der Waals surface area contributed by atoms with Crippen LogP contribution in [0.1, 0.15) is 41.9 Å². The van der Waals surface area contributed by atoms with E-state index in [4.69, 9.17) is 4.74 Å². The number of sulfone groups is 1. The van der Waals surface area contributed by atoms with Crippen LogP contribution in [-0.2, 0) is 21.1 Å². The second-order valence-electron chi connectivity index (χ2n) is 9.31. The Hall–Kier alpha value is -4.05. The lowest BCUT2D eigenvalue weighted by atomic mass is 9.98. The standard InChI is InChI=1S/C28H29N5O4S/c1-20-13-15-21(16-14-20)38(35,36)27-30-31-32-33(27)18-8-2-7-17-29-28(34)37-19-26-24-11-5-3-9-22(24)23-10-4-6-12-25(23)26/h3-6,9-16,26H,2,7-8,17-19H2,1H3,(H,29,34). The van der Waals surface area contributed by atoms with Gasteiger partial charge in [0.25, 0.3) is 5.16 Å². The molecule has 10 heteroatoms. The van der Waals surface area contributed by atoms with Gasteiger partial charge in [-0.15, -0.1) is 0 Å². The first-order valence-corrected chi connectivity index (χ1v) is 14.1. The zero-order chi connectivity index (χ0) is 26.5. The molecule has 0 unspecified atom stereocenters. The molecule has 1 aliphatic rings. The molecule has 1 heterocycles. The molecule has 4 aromatic rings. The fraction of sp³-hybridized carbons (Fsp3) is 0.286. The van der Waals surface area contributed by atoms with Crippen molar-refractivity contribution in [2.24, 2.45) is 0 Å². The van der Waals surface area contributed by atoms with Crippen molar-refractivity contribution in [2.75, 3.05) is 13.2 Å². The number of carbonyl (C=O) groups is 1. The lowest BCUT2D eigenvalue weighted by Crippen LogP contribution is -2.27. The van der Waals surface area contributed by atoms with Crippen LogP contribution in [0.4, 0.5) is 4.79 Å². The van der Waals surface area contributed by atoms with Crippen LogP contribution >= 0.6 is 0 Å². The number of amides is 1. The summed E-state index contributed by atoms with van der Waals surface area (Å²) in [6.07, 6.45) is 1.69. The number of alkyl carbamates (subject to hydrolysis) is 1. The van der Waals surface area contributed by atoms with E-state index in [9.17, 15) is 13.2 Å². The van der Waals surface area contributed by atoms with E-state index in [0.29, 0.717) is 25.9 Å². The van der Waals surface area contributed by atoms with Crippen LogP contribution in [-0.4, -0.2) is 47.9 Å². The third kappa shape index (κ3) is 5.31. The van der Waals surface area contributed by atoms with E-state index in [1.165, 1.54) is 26.9 Å². The molecular weight excluding hydrogens is 502 g/mol. The Morgan fingerprint density at radius 1 is 0.921 bits per heavy atom. The maximum Gasteiger partial charge on any atom is 0.407 e. The smallest absolute Gasteiger partial charge is 0.407 e. The van der Waals surface area contributed by atoms with Gasteiger partial charge in [-0.05, 0) is 71.0 Å². The summed E-state index contributed by atoms with van der Waals surface area (Å²) in [6, 6.07) is 23.0. The molecule has 0 saturated heterocycles. The summed E-state index contributed by atoms with van der Waals surface area (Å²) in [4.78, 5) is 12.5. The van der Waals surface area contributed by atoms with Crippen LogP contribution in [0.3, 0.4) is 0 Å². The lowest BCUT2D eigenvalue weighted by molar-refractivity contribution is 0.143. The number of hydrogen-bond donors (Lipinski definition) is 1. The molecule has 196 valence electrons. The van der Waals surface area contributed by atoms with Crippen molar-refractivity contribution in [3.63, 3.8) is 0 Å². The zero-order valence-corrected chi connectivity index (χ0v) is 21.9. The molecule has 0 aliphatic heterocycles. The highest BCUT2D eigenvalue weighted by atomic mass is 32.2. The van der Waals surface area contributed by atoms with E-state index < -0.39 is 15.9 Å². The Labute approximate surface area is 221 Å². The van der Waals surface area contributed by atoms with Crippen molar-refractivity contribution in [1.29, 1.82) is 0 Å². The summed E-state index contributed by atoms with van der Waals surface area (Å²) >= 11 is 0. The first-order valence-electron chi connectivity index (χ1n) is 12.6. The van der Waals surface area contributed by atoms with Gasteiger partial charge >= 0.3 is 6.09 Å². The first kappa shape index (κ1) is 25.6. The zero-order valence-electron chi connectivity index (χ0n) is 21.1. The number of carbonyl (C=O) groups excluding carboxylic acids is 1. The number of ether oxygens (including phenoxy) is 1. The van der Waals surface area contributed by atoms with Gasteiger partial charge in [0.05, 0.1) is 4.90 Å². The van der Waals surface area contributed by atoms with Crippen LogP contribution in [0.25, 0.3) is 11.1 Å². The van der Waals surface area contributed by atoms with Crippen molar-refractivity contribution in [3.05, 3.63) is 89.5 Å². The SMILES string of the molecule is Cc1ccc(S(=O)(=O)c2nnnn2CCCCCNC(=O)OCC2c3ccccc3-c3ccccc32)cc1. The normalized spacial score (nSPS) is 12.7. The van der Waals surface area contributed by atoms with Crippen molar-refractivity contribution >= 4 is 15.9 Å². The molecule has 9 nitrogen and oxygen atoms in total. The largest absolute Gasteiger partial charge is 0.449 e. The number of nitrogens with one attached hydrogen (secondary N) is 1. The fourth-order valence-electron chi connectivity index (χ4n) is 4.76. The van der Waals surface area contributed by atoms with Crippen molar-refractivity contribution < 1.29 is 17.9 Å². The monoisotopic (exact) mass is 531 g/mol. The minimum atomic E-state index is -3.80. The molecular formula is C28H29N5O4S. The van der Waals surface area contributed by atoms with Crippen molar-refractivity contribution in [1.82, 2.24) is 25.5 Å². The average molecular weight is 532 g/mol. The quantitative estimate of drug-likeness (QED) is 0.299. The number of fused-ring (bicyclic) bond motifs is 3. The number of rotatable bonds is 10. The highest BCUT2D eigenvalue weighted by Gasteiger charge is 2.29. The number of tetrazole rings is 1. The predicted octanol–water partition coefficient (Wildman–Crippen LogP) is 4.52. The summed E-state index contributed by atoms with van der Waals surface area (Å²) in [5.74, 6) is 0.0230. The Morgan fingerprint density at radius 2 is 1.58 bits per heavy atom. The summed E-state index contributed by atoms with van der Waals surface area (Å²) < 4.78 is 32.7. The number of aromatic nitrogens is 4. The van der Waals surface area contributed by atoms with Gasteiger partial charge in [0.15, 0.2) is 0 Å². The van der Waals surface area contributed by atoms with E-state index in [1.807, 2.05) is 31.2 Å². The summed E-state index contributed by atoms with van der Waals surface area (Å²) in [5.41, 5.74) is 5.69. The minimum Gasteiger partial charge on any atom is -0.449 e. The van der Waals surface area contributed by atoms with Gasteiger partial charge in [0, 0.05) is 19.0 Å². The van der Waals surface area contributed by atoms with Crippen LogP contribution in [0, 0.1) is 6.92 Å². The summed E-state index contributed by atoms with van der Waals surface area (Å²) in [6.45, 7) is 2.99. The number of hydrogen-bond acceptors (Lipinski definition) is 7. The van der Waals surface area contributed by atoms with Gasteiger partial charge in [-0.1, -0.05) is 71.3 Å². The molecule has 1 aromatic heterocycles. The first-order chi connectivity index (χ1) is 18.4. The summed E-state index contributed by atoms with van der Waals surface area (Å²) in [5, 5.41) is 13.8. The van der Waals surface area contributed by atoms with Crippen molar-refractivity contribution in [2.45, 2.75) is 48.7 Å². The highest BCUT2D eigenvalue weighted by Crippen LogP contribution is 2.44.